The molecule has 33 heavy (non-hydrogen) atoms. The summed E-state index contributed by atoms with van der Waals surface area (Å²) in [5, 5.41) is 4.90. The number of nitrogens with one attached hydrogen (secondary N) is 1. The highest BCUT2D eigenvalue weighted by Crippen LogP contribution is 2.30. The van der Waals surface area contributed by atoms with E-state index in [0.29, 0.717) is 29.4 Å². The maximum Gasteiger partial charge on any atom is 0.260 e. The van der Waals surface area contributed by atoms with Crippen molar-refractivity contribution >= 4 is 39.8 Å². The summed E-state index contributed by atoms with van der Waals surface area (Å²) in [5.41, 5.74) is 3.91. The van der Waals surface area contributed by atoms with E-state index in [9.17, 15) is 9.59 Å². The topological polar surface area (TPSA) is 57.6 Å². The largest absolute Gasteiger partial charge is 0.383 e. The number of likely N-dealkylation sites (N-methyl/N-ethyl adjacent to an activating group) is 1. The number of hydrogen-bond acceptors (Lipinski definition) is 4. The molecule has 3 rings (SSSR count). The van der Waals surface area contributed by atoms with Crippen molar-refractivity contribution in [3.8, 4) is 0 Å². The van der Waals surface area contributed by atoms with Crippen molar-refractivity contribution in [1.82, 2.24) is 9.47 Å². The van der Waals surface area contributed by atoms with E-state index in [2.05, 4.69) is 24.1 Å². The summed E-state index contributed by atoms with van der Waals surface area (Å²) in [6.07, 6.45) is 0. The van der Waals surface area contributed by atoms with Crippen LogP contribution in [0.4, 0.5) is 11.4 Å². The normalized spacial score (nSPS) is 11.4. The van der Waals surface area contributed by atoms with Gasteiger partial charge >= 0.3 is 0 Å². The van der Waals surface area contributed by atoms with Crippen LogP contribution in [0.2, 0.25) is 5.02 Å². The number of amides is 1. The number of rotatable bonds is 8. The Morgan fingerprint density at radius 2 is 1.82 bits per heavy atom. The van der Waals surface area contributed by atoms with Crippen molar-refractivity contribution < 1.29 is 4.79 Å². The molecule has 1 heterocycles. The Labute approximate surface area is 200 Å². The summed E-state index contributed by atoms with van der Waals surface area (Å²) in [6, 6.07) is 12.8. The minimum Gasteiger partial charge on any atom is -0.383 e. The van der Waals surface area contributed by atoms with Crippen LogP contribution in [0.15, 0.2) is 47.3 Å². The number of fused-ring (bicyclic) bond motifs is 1. The van der Waals surface area contributed by atoms with Gasteiger partial charge in [0.25, 0.3) is 11.5 Å². The molecule has 2 aromatic carbocycles. The lowest BCUT2D eigenvalue weighted by atomic mass is 9.98. The summed E-state index contributed by atoms with van der Waals surface area (Å²) in [7, 11) is 5.78. The molecule has 0 radical (unpaired) electrons. The lowest BCUT2D eigenvalue weighted by molar-refractivity contribution is 0.0994. The third-order valence-corrected chi connectivity index (χ3v) is 6.08. The summed E-state index contributed by atoms with van der Waals surface area (Å²) >= 11 is 6.21. The molecule has 0 aliphatic rings. The van der Waals surface area contributed by atoms with E-state index in [-0.39, 0.29) is 17.4 Å². The van der Waals surface area contributed by atoms with Crippen molar-refractivity contribution in [2.24, 2.45) is 0 Å². The monoisotopic (exact) mass is 468 g/mol. The molecule has 0 unspecified atom stereocenters. The average molecular weight is 469 g/mol. The van der Waals surface area contributed by atoms with Gasteiger partial charge in [-0.05, 0) is 68.9 Å². The van der Waals surface area contributed by atoms with E-state index >= 15 is 0 Å². The number of nitrogens with zero attached hydrogens (tertiary/aromatic N) is 3. The minimum atomic E-state index is -0.131. The smallest absolute Gasteiger partial charge is 0.260 e. The summed E-state index contributed by atoms with van der Waals surface area (Å²) in [6.45, 7) is 8.23. The Hall–Kier alpha value is -2.83. The van der Waals surface area contributed by atoms with Gasteiger partial charge in [0.2, 0.25) is 0 Å². The molecule has 176 valence electrons. The highest BCUT2D eigenvalue weighted by Gasteiger charge is 2.19. The zero-order valence-corrected chi connectivity index (χ0v) is 21.0. The van der Waals surface area contributed by atoms with Gasteiger partial charge in [0, 0.05) is 54.5 Å². The first-order valence-electron chi connectivity index (χ1n) is 11.3. The second-order valence-corrected chi connectivity index (χ2v) is 9.26. The standard InChI is InChI=1S/C26H33ClN4O2/c1-7-31-24-11-9-19(15-22(24)21(17(2)3)16-25(31)32)30(6)26(33)20-10-8-18(27)14-23(20)28-12-13-29(4)5/h8-11,14-17,28H,7,12-13H2,1-6H3. The molecule has 7 heteroatoms. The van der Waals surface area contributed by atoms with Crippen molar-refractivity contribution in [1.29, 1.82) is 0 Å². The average Bonchev–Trinajstić information content (AvgIpc) is 2.77. The number of hydrogen-bond donors (Lipinski definition) is 1. The number of benzene rings is 2. The molecule has 1 N–H and O–H groups in total. The predicted octanol–water partition coefficient (Wildman–Crippen LogP) is 5.05. The zero-order chi connectivity index (χ0) is 24.3. The Bertz CT molecular complexity index is 1220. The van der Waals surface area contributed by atoms with Crippen molar-refractivity contribution in [2.45, 2.75) is 33.2 Å². The van der Waals surface area contributed by atoms with Crippen LogP contribution in [0.1, 0.15) is 42.6 Å². The van der Waals surface area contributed by atoms with Gasteiger partial charge in [0.05, 0.1) is 11.1 Å². The molecule has 0 fully saturated rings. The van der Waals surface area contributed by atoms with Crippen molar-refractivity contribution in [2.75, 3.05) is 44.4 Å². The number of aromatic nitrogens is 1. The minimum absolute atomic E-state index is 0.000450. The van der Waals surface area contributed by atoms with Gasteiger partial charge in [-0.25, -0.2) is 0 Å². The lowest BCUT2D eigenvalue weighted by Crippen LogP contribution is -2.28. The van der Waals surface area contributed by atoms with Crippen LogP contribution in [-0.4, -0.2) is 49.6 Å². The Kier molecular flexibility index (Phi) is 7.82. The molecule has 6 nitrogen and oxygen atoms in total. The van der Waals surface area contributed by atoms with E-state index < -0.39 is 0 Å². The van der Waals surface area contributed by atoms with E-state index in [4.69, 9.17) is 11.6 Å². The summed E-state index contributed by atoms with van der Waals surface area (Å²) in [4.78, 5) is 29.8. The lowest BCUT2D eigenvalue weighted by Gasteiger charge is -2.22. The molecule has 0 spiro atoms. The van der Waals surface area contributed by atoms with Gasteiger partial charge in [-0.15, -0.1) is 0 Å². The van der Waals surface area contributed by atoms with Gasteiger partial charge < -0.3 is 19.7 Å². The van der Waals surface area contributed by atoms with Crippen LogP contribution >= 0.6 is 11.6 Å². The van der Waals surface area contributed by atoms with E-state index in [0.717, 1.165) is 28.7 Å². The Balaban J connectivity index is 2.02. The molecule has 1 aromatic heterocycles. The van der Waals surface area contributed by atoms with Crippen LogP contribution in [0.3, 0.4) is 0 Å². The molecular formula is C26H33ClN4O2. The molecule has 1 amide bonds. The number of carbonyl (C=O) groups excluding carboxylic acids is 1. The number of aryl methyl sites for hydroxylation is 1. The zero-order valence-electron chi connectivity index (χ0n) is 20.3. The molecule has 0 bridgehead atoms. The van der Waals surface area contributed by atoms with Crippen LogP contribution in [-0.2, 0) is 6.54 Å². The van der Waals surface area contributed by atoms with Gasteiger partial charge in [-0.3, -0.25) is 9.59 Å². The maximum absolute atomic E-state index is 13.5. The summed E-state index contributed by atoms with van der Waals surface area (Å²) < 4.78 is 1.76. The molecule has 0 aliphatic heterocycles. The van der Waals surface area contributed by atoms with Gasteiger partial charge in [-0.1, -0.05) is 25.4 Å². The first kappa shape index (κ1) is 24.8. The molecular weight excluding hydrogens is 436 g/mol. The molecule has 0 atom stereocenters. The van der Waals surface area contributed by atoms with Crippen LogP contribution < -0.4 is 15.8 Å². The van der Waals surface area contributed by atoms with Crippen molar-refractivity contribution in [3.05, 3.63) is 69.0 Å². The third kappa shape index (κ3) is 5.40. The second-order valence-electron chi connectivity index (χ2n) is 8.82. The highest BCUT2D eigenvalue weighted by molar-refractivity contribution is 6.31. The Morgan fingerprint density at radius 3 is 2.45 bits per heavy atom. The fourth-order valence-corrected chi connectivity index (χ4v) is 4.14. The van der Waals surface area contributed by atoms with E-state index in [1.807, 2.05) is 39.2 Å². The van der Waals surface area contributed by atoms with E-state index in [1.54, 1.807) is 40.8 Å². The first-order valence-corrected chi connectivity index (χ1v) is 11.7. The SMILES string of the molecule is CCn1c(=O)cc(C(C)C)c2cc(N(C)C(=O)c3ccc(Cl)cc3NCCN(C)C)ccc21. The second kappa shape index (κ2) is 10.4. The number of carbonyl (C=O) groups is 1. The fourth-order valence-electron chi connectivity index (χ4n) is 3.97. The number of halogens is 1. The van der Waals surface area contributed by atoms with Crippen LogP contribution in [0, 0.1) is 0 Å². The third-order valence-electron chi connectivity index (χ3n) is 5.84. The highest BCUT2D eigenvalue weighted by atomic mass is 35.5. The fraction of sp³-hybridized carbons (Fsp3) is 0.385. The molecule has 0 aliphatic carbocycles. The van der Waals surface area contributed by atoms with Gasteiger partial charge in [0.1, 0.15) is 0 Å². The molecule has 0 saturated carbocycles. The van der Waals surface area contributed by atoms with E-state index in [1.165, 1.54) is 0 Å². The quantitative estimate of drug-likeness (QED) is 0.502. The van der Waals surface area contributed by atoms with Crippen LogP contribution in [0.25, 0.3) is 10.9 Å². The molecule has 3 aromatic rings. The number of anilines is 2. The molecule has 0 saturated heterocycles. The Morgan fingerprint density at radius 1 is 1.09 bits per heavy atom. The maximum atomic E-state index is 13.5. The van der Waals surface area contributed by atoms with Crippen LogP contribution in [0.5, 0.6) is 0 Å². The van der Waals surface area contributed by atoms with Crippen molar-refractivity contribution in [3.63, 3.8) is 0 Å². The predicted molar refractivity (Wildman–Crippen MR) is 139 cm³/mol. The summed E-state index contributed by atoms with van der Waals surface area (Å²) in [5.74, 6) is 0.0556. The number of pyridine rings is 1. The van der Waals surface area contributed by atoms with Gasteiger partial charge in [-0.2, -0.15) is 0 Å². The van der Waals surface area contributed by atoms with Gasteiger partial charge in [0.15, 0.2) is 0 Å². The first-order chi connectivity index (χ1) is 15.6.